The molecule has 1 aliphatic carbocycles. The Kier molecular flexibility index (Phi) is 9.24. The number of hydrogen-bond donors (Lipinski definition) is 2. The second-order valence-electron chi connectivity index (χ2n) is 7.08. The third kappa shape index (κ3) is 7.09. The van der Waals surface area contributed by atoms with Crippen LogP contribution in [0.3, 0.4) is 0 Å². The fourth-order valence-corrected chi connectivity index (χ4v) is 3.49. The van der Waals surface area contributed by atoms with Gasteiger partial charge in [-0.1, -0.05) is 0 Å². The zero-order valence-corrected chi connectivity index (χ0v) is 17.6. The Morgan fingerprint density at radius 1 is 1.12 bits per heavy atom. The fourth-order valence-electron chi connectivity index (χ4n) is 3.49. The first-order valence-electron chi connectivity index (χ1n) is 8.72. The van der Waals surface area contributed by atoms with E-state index < -0.39 is 12.1 Å². The Morgan fingerprint density at radius 3 is 2.32 bits per heavy atom. The second-order valence-corrected chi connectivity index (χ2v) is 7.08. The Labute approximate surface area is 165 Å². The highest BCUT2D eigenvalue weighted by molar-refractivity contribution is 14.0. The lowest BCUT2D eigenvalue weighted by Gasteiger charge is -2.38. The third-order valence-electron chi connectivity index (χ3n) is 5.24. The summed E-state index contributed by atoms with van der Waals surface area (Å²) in [6.07, 6.45) is -2.57. The summed E-state index contributed by atoms with van der Waals surface area (Å²) in [6, 6.07) is 0.477. The van der Waals surface area contributed by atoms with Gasteiger partial charge >= 0.3 is 6.18 Å². The number of rotatable bonds is 3. The molecule has 0 aromatic heterocycles. The van der Waals surface area contributed by atoms with Crippen LogP contribution in [-0.2, 0) is 0 Å². The van der Waals surface area contributed by atoms with Gasteiger partial charge in [-0.25, -0.2) is 0 Å². The van der Waals surface area contributed by atoms with Crippen molar-refractivity contribution < 1.29 is 13.2 Å². The van der Waals surface area contributed by atoms with Crippen molar-refractivity contribution in [3.63, 3.8) is 0 Å². The number of halogens is 4. The molecule has 25 heavy (non-hydrogen) atoms. The van der Waals surface area contributed by atoms with E-state index >= 15 is 0 Å². The first-order valence-corrected chi connectivity index (χ1v) is 8.72. The Balaban J connectivity index is 0.00000312. The molecule has 1 saturated carbocycles. The quantitative estimate of drug-likeness (QED) is 0.372. The largest absolute Gasteiger partial charge is 0.391 e. The van der Waals surface area contributed by atoms with E-state index in [2.05, 4.69) is 39.5 Å². The van der Waals surface area contributed by atoms with E-state index in [1.165, 1.54) is 0 Å². The first-order chi connectivity index (χ1) is 11.3. The van der Waals surface area contributed by atoms with E-state index in [0.29, 0.717) is 24.8 Å². The lowest BCUT2D eigenvalue weighted by atomic mass is 9.85. The summed E-state index contributed by atoms with van der Waals surface area (Å²) in [4.78, 5) is 8.85. The molecule has 1 aliphatic heterocycles. The highest BCUT2D eigenvalue weighted by atomic mass is 127. The van der Waals surface area contributed by atoms with Crippen LogP contribution in [0.25, 0.3) is 0 Å². The van der Waals surface area contributed by atoms with Gasteiger partial charge in [0.1, 0.15) is 0 Å². The number of guanidine groups is 1. The molecule has 1 saturated heterocycles. The maximum atomic E-state index is 12.7. The summed E-state index contributed by atoms with van der Waals surface area (Å²) in [7, 11) is 5.94. The van der Waals surface area contributed by atoms with Crippen LogP contribution in [0.5, 0.6) is 0 Å². The molecule has 2 aliphatic rings. The van der Waals surface area contributed by atoms with Gasteiger partial charge in [-0.15, -0.1) is 24.0 Å². The molecule has 1 unspecified atom stereocenters. The van der Waals surface area contributed by atoms with Crippen LogP contribution in [0, 0.1) is 5.92 Å². The molecule has 1 atom stereocenters. The van der Waals surface area contributed by atoms with Crippen LogP contribution >= 0.6 is 24.0 Å². The van der Waals surface area contributed by atoms with Crippen molar-refractivity contribution in [1.29, 1.82) is 0 Å². The lowest BCUT2D eigenvalue weighted by Crippen LogP contribution is -2.56. The van der Waals surface area contributed by atoms with Crippen molar-refractivity contribution in [2.45, 2.75) is 43.9 Å². The van der Waals surface area contributed by atoms with Crippen LogP contribution in [-0.4, -0.2) is 81.3 Å². The Morgan fingerprint density at radius 2 is 1.76 bits per heavy atom. The van der Waals surface area contributed by atoms with Crippen LogP contribution in [0.4, 0.5) is 13.2 Å². The molecule has 1 heterocycles. The average molecular weight is 477 g/mol. The number of hydrogen-bond acceptors (Lipinski definition) is 3. The van der Waals surface area contributed by atoms with Gasteiger partial charge in [0, 0.05) is 45.3 Å². The van der Waals surface area contributed by atoms with Crippen molar-refractivity contribution in [3.8, 4) is 0 Å². The number of nitrogens with zero attached hydrogens (tertiary/aromatic N) is 3. The molecule has 0 spiro atoms. The minimum Gasteiger partial charge on any atom is -0.355 e. The zero-order chi connectivity index (χ0) is 17.7. The number of likely N-dealkylation sites (N-methyl/N-ethyl adjacent to an activating group) is 2. The van der Waals surface area contributed by atoms with E-state index in [-0.39, 0.29) is 42.9 Å². The Hall–Kier alpha value is -0.290. The minimum absolute atomic E-state index is 0. The molecule has 0 aromatic carbocycles. The summed E-state index contributed by atoms with van der Waals surface area (Å²) < 4.78 is 38.2. The van der Waals surface area contributed by atoms with E-state index in [1.807, 2.05) is 0 Å². The van der Waals surface area contributed by atoms with Gasteiger partial charge in [-0.3, -0.25) is 9.89 Å². The van der Waals surface area contributed by atoms with E-state index in [0.717, 1.165) is 26.2 Å². The molecule has 2 fully saturated rings. The van der Waals surface area contributed by atoms with Gasteiger partial charge in [-0.05, 0) is 39.8 Å². The molecule has 0 aromatic rings. The van der Waals surface area contributed by atoms with Crippen molar-refractivity contribution in [3.05, 3.63) is 0 Å². The molecule has 9 heteroatoms. The molecule has 0 bridgehead atoms. The molecular weight excluding hydrogens is 446 g/mol. The maximum absolute atomic E-state index is 12.7. The van der Waals surface area contributed by atoms with Gasteiger partial charge in [-0.2, -0.15) is 13.2 Å². The van der Waals surface area contributed by atoms with Crippen LogP contribution in [0.1, 0.15) is 25.7 Å². The summed E-state index contributed by atoms with van der Waals surface area (Å²) >= 11 is 0. The number of alkyl halides is 3. The predicted octanol–water partition coefficient (Wildman–Crippen LogP) is 2.14. The van der Waals surface area contributed by atoms with Gasteiger partial charge in [0.05, 0.1) is 5.92 Å². The molecule has 0 amide bonds. The second kappa shape index (κ2) is 10.1. The summed E-state index contributed by atoms with van der Waals surface area (Å²) in [5.41, 5.74) is 0. The smallest absolute Gasteiger partial charge is 0.355 e. The monoisotopic (exact) mass is 477 g/mol. The molecule has 5 nitrogen and oxygen atoms in total. The zero-order valence-electron chi connectivity index (χ0n) is 15.3. The number of aliphatic imine (C=N–C) groups is 1. The lowest BCUT2D eigenvalue weighted by molar-refractivity contribution is -0.182. The van der Waals surface area contributed by atoms with E-state index in [9.17, 15) is 13.2 Å². The third-order valence-corrected chi connectivity index (χ3v) is 5.24. The normalized spacial score (nSPS) is 29.8. The SMILES string of the molecule is CN=C(NCC1CN(C)CCN1C)NC1CCC(C(F)(F)F)CC1.I. The van der Waals surface area contributed by atoms with Crippen LogP contribution in [0.2, 0.25) is 0 Å². The van der Waals surface area contributed by atoms with E-state index in [4.69, 9.17) is 0 Å². The van der Waals surface area contributed by atoms with Crippen molar-refractivity contribution >= 4 is 29.9 Å². The molecule has 148 valence electrons. The maximum Gasteiger partial charge on any atom is 0.391 e. The number of piperazine rings is 1. The predicted molar refractivity (Wildman–Crippen MR) is 106 cm³/mol. The highest BCUT2D eigenvalue weighted by Crippen LogP contribution is 2.37. The van der Waals surface area contributed by atoms with Crippen LogP contribution in [0.15, 0.2) is 4.99 Å². The standard InChI is InChI=1S/C16H30F3N5.HI/c1-20-15(21-10-14-11-23(2)8-9-24(14)3)22-13-6-4-12(5-7-13)16(17,18)19;/h12-14H,4-11H2,1-3H3,(H2,20,21,22);1H. The average Bonchev–Trinajstić information content (AvgIpc) is 2.54. The van der Waals surface area contributed by atoms with Gasteiger partial charge in [0.15, 0.2) is 5.96 Å². The molecule has 2 rings (SSSR count). The van der Waals surface area contributed by atoms with Crippen molar-refractivity contribution in [2.75, 3.05) is 47.3 Å². The molecular formula is C16H31F3IN5. The number of nitrogens with one attached hydrogen (secondary N) is 2. The summed E-state index contributed by atoms with van der Waals surface area (Å²) in [6.45, 7) is 3.88. The van der Waals surface area contributed by atoms with Gasteiger partial charge < -0.3 is 15.5 Å². The summed E-state index contributed by atoms with van der Waals surface area (Å²) in [5.74, 6) is -0.455. The Bertz CT molecular complexity index is 424. The first kappa shape index (κ1) is 22.8. The van der Waals surface area contributed by atoms with Crippen molar-refractivity contribution in [2.24, 2.45) is 10.9 Å². The van der Waals surface area contributed by atoms with E-state index in [1.54, 1.807) is 7.05 Å². The molecule has 2 N–H and O–H groups in total. The summed E-state index contributed by atoms with van der Waals surface area (Å²) in [5, 5.41) is 6.61. The van der Waals surface area contributed by atoms with Gasteiger partial charge in [0.25, 0.3) is 0 Å². The highest BCUT2D eigenvalue weighted by Gasteiger charge is 2.41. The molecule has 0 radical (unpaired) electrons. The van der Waals surface area contributed by atoms with Crippen LogP contribution < -0.4 is 10.6 Å². The van der Waals surface area contributed by atoms with Gasteiger partial charge in [0.2, 0.25) is 0 Å². The minimum atomic E-state index is -4.05. The fraction of sp³-hybridized carbons (Fsp3) is 0.938. The van der Waals surface area contributed by atoms with Crippen molar-refractivity contribution in [1.82, 2.24) is 20.4 Å². The topological polar surface area (TPSA) is 42.9 Å².